The minimum absolute atomic E-state index is 0.316. The first-order valence-corrected chi connectivity index (χ1v) is 9.97. The van der Waals surface area contributed by atoms with Crippen molar-refractivity contribution in [3.63, 3.8) is 0 Å². The zero-order valence-corrected chi connectivity index (χ0v) is 13.5. The van der Waals surface area contributed by atoms with E-state index in [1.807, 2.05) is 6.26 Å². The summed E-state index contributed by atoms with van der Waals surface area (Å²) in [7, 11) is -1.73. The molecule has 0 radical (unpaired) electrons. The van der Waals surface area contributed by atoms with Crippen molar-refractivity contribution in [2.75, 3.05) is 0 Å². The SMILES string of the molecule is CC1(C)OB(c2cc([Si](C)(C)C)co2)OC1(C)C. The molecule has 1 aliphatic rings. The van der Waals surface area contributed by atoms with Crippen LogP contribution in [0.1, 0.15) is 27.7 Å². The molecular weight excluding hydrogens is 243 g/mol. The van der Waals surface area contributed by atoms with Gasteiger partial charge in [-0.05, 0) is 38.9 Å². The van der Waals surface area contributed by atoms with Gasteiger partial charge in [0.2, 0.25) is 0 Å². The lowest BCUT2D eigenvalue weighted by atomic mass is 9.86. The second-order valence-corrected chi connectivity index (χ2v) is 12.2. The Morgan fingerprint density at radius 3 is 1.89 bits per heavy atom. The Morgan fingerprint density at radius 2 is 1.50 bits per heavy atom. The van der Waals surface area contributed by atoms with Crippen molar-refractivity contribution < 1.29 is 13.7 Å². The molecule has 18 heavy (non-hydrogen) atoms. The van der Waals surface area contributed by atoms with E-state index in [0.29, 0.717) is 0 Å². The van der Waals surface area contributed by atoms with E-state index < -0.39 is 8.07 Å². The number of hydrogen-bond donors (Lipinski definition) is 0. The fraction of sp³-hybridized carbons (Fsp3) is 0.692. The fourth-order valence-corrected chi connectivity index (χ4v) is 2.82. The Bertz CT molecular complexity index is 429. The van der Waals surface area contributed by atoms with Crippen molar-refractivity contribution in [1.82, 2.24) is 0 Å². The van der Waals surface area contributed by atoms with E-state index in [1.54, 1.807) is 0 Å². The summed E-state index contributed by atoms with van der Waals surface area (Å²) in [5.41, 5.74) is 0.152. The molecule has 1 aromatic heterocycles. The van der Waals surface area contributed by atoms with Crippen LogP contribution in [-0.2, 0) is 9.31 Å². The molecule has 1 aromatic rings. The van der Waals surface area contributed by atoms with Crippen LogP contribution in [0.25, 0.3) is 0 Å². The predicted octanol–water partition coefficient (Wildman–Crippen LogP) is 2.12. The maximum atomic E-state index is 5.98. The monoisotopic (exact) mass is 266 g/mol. The van der Waals surface area contributed by atoms with Gasteiger partial charge >= 0.3 is 7.12 Å². The van der Waals surface area contributed by atoms with Crippen molar-refractivity contribution in [2.24, 2.45) is 0 Å². The molecular formula is C13H23BO3Si. The van der Waals surface area contributed by atoms with Crippen LogP contribution in [0.4, 0.5) is 0 Å². The van der Waals surface area contributed by atoms with E-state index in [0.717, 1.165) is 5.66 Å². The molecule has 3 nitrogen and oxygen atoms in total. The lowest BCUT2D eigenvalue weighted by Gasteiger charge is -2.32. The zero-order chi connectivity index (χ0) is 13.8. The summed E-state index contributed by atoms with van der Waals surface area (Å²) in [5, 5.41) is 1.30. The molecule has 0 aliphatic carbocycles. The van der Waals surface area contributed by atoms with Crippen LogP contribution in [0.5, 0.6) is 0 Å². The Kier molecular flexibility index (Phi) is 3.08. The molecule has 5 heteroatoms. The van der Waals surface area contributed by atoms with Gasteiger partial charge in [0.25, 0.3) is 0 Å². The van der Waals surface area contributed by atoms with Gasteiger partial charge in [-0.15, -0.1) is 0 Å². The van der Waals surface area contributed by atoms with E-state index in [2.05, 4.69) is 53.4 Å². The van der Waals surface area contributed by atoms with E-state index in [9.17, 15) is 0 Å². The zero-order valence-electron chi connectivity index (χ0n) is 12.5. The van der Waals surface area contributed by atoms with Crippen LogP contribution in [0.2, 0.25) is 19.6 Å². The molecule has 2 heterocycles. The summed E-state index contributed by atoms with van der Waals surface area (Å²) in [4.78, 5) is 0. The third-order valence-electron chi connectivity index (χ3n) is 3.97. The molecule has 2 rings (SSSR count). The average molecular weight is 266 g/mol. The van der Waals surface area contributed by atoms with Crippen molar-refractivity contribution in [2.45, 2.75) is 58.5 Å². The Morgan fingerprint density at radius 1 is 1.00 bits per heavy atom. The van der Waals surface area contributed by atoms with E-state index in [-0.39, 0.29) is 18.3 Å². The van der Waals surface area contributed by atoms with Gasteiger partial charge < -0.3 is 13.7 Å². The lowest BCUT2D eigenvalue weighted by molar-refractivity contribution is 0.00578. The number of hydrogen-bond acceptors (Lipinski definition) is 3. The molecule has 1 fully saturated rings. The topological polar surface area (TPSA) is 31.6 Å². The first-order chi connectivity index (χ1) is 8.03. The van der Waals surface area contributed by atoms with Crippen LogP contribution in [0, 0.1) is 0 Å². The summed E-state index contributed by atoms with van der Waals surface area (Å²) in [6.45, 7) is 15.1. The maximum Gasteiger partial charge on any atom is 0.532 e. The third kappa shape index (κ3) is 2.31. The summed E-state index contributed by atoms with van der Waals surface area (Å²) in [5.74, 6) is 0. The molecule has 1 saturated heterocycles. The van der Waals surface area contributed by atoms with Crippen molar-refractivity contribution >= 4 is 26.0 Å². The third-order valence-corrected chi connectivity index (χ3v) is 5.97. The quantitative estimate of drug-likeness (QED) is 0.768. The lowest BCUT2D eigenvalue weighted by Crippen LogP contribution is -2.41. The van der Waals surface area contributed by atoms with Gasteiger partial charge in [0.05, 0.1) is 25.5 Å². The molecule has 0 unspecified atom stereocenters. The summed E-state index contributed by atoms with van der Waals surface area (Å²) < 4.78 is 17.6. The first-order valence-electron chi connectivity index (χ1n) is 6.47. The molecule has 0 saturated carbocycles. The van der Waals surface area contributed by atoms with Crippen LogP contribution >= 0.6 is 0 Å². The molecule has 0 amide bonds. The highest BCUT2D eigenvalue weighted by atomic mass is 28.3. The Hall–Kier alpha value is -0.518. The van der Waals surface area contributed by atoms with Gasteiger partial charge in [-0.25, -0.2) is 0 Å². The summed E-state index contributed by atoms with van der Waals surface area (Å²) >= 11 is 0. The second-order valence-electron chi connectivity index (χ2n) is 7.08. The Balaban J connectivity index is 2.23. The first kappa shape index (κ1) is 13.9. The maximum absolute atomic E-state index is 5.98. The van der Waals surface area contributed by atoms with Crippen molar-refractivity contribution in [1.29, 1.82) is 0 Å². The Labute approximate surface area is 111 Å². The van der Waals surface area contributed by atoms with Gasteiger partial charge in [-0.2, -0.15) is 0 Å². The minimum Gasteiger partial charge on any atom is -0.473 e. The van der Waals surface area contributed by atoms with Gasteiger partial charge in [0.15, 0.2) is 0 Å². The van der Waals surface area contributed by atoms with Gasteiger partial charge in [-0.1, -0.05) is 19.6 Å². The average Bonchev–Trinajstić information content (AvgIpc) is 2.69. The minimum atomic E-state index is -1.34. The smallest absolute Gasteiger partial charge is 0.473 e. The van der Waals surface area contributed by atoms with Crippen molar-refractivity contribution in [3.05, 3.63) is 12.3 Å². The van der Waals surface area contributed by atoms with E-state index in [4.69, 9.17) is 13.7 Å². The van der Waals surface area contributed by atoms with Crippen LogP contribution in [0.3, 0.4) is 0 Å². The predicted molar refractivity (Wildman–Crippen MR) is 77.4 cm³/mol. The molecule has 0 spiro atoms. The molecule has 0 aromatic carbocycles. The fourth-order valence-electron chi connectivity index (χ4n) is 1.83. The number of furan rings is 1. The van der Waals surface area contributed by atoms with Crippen molar-refractivity contribution in [3.8, 4) is 0 Å². The van der Waals surface area contributed by atoms with Gasteiger partial charge in [0, 0.05) is 0 Å². The van der Waals surface area contributed by atoms with E-state index in [1.165, 1.54) is 5.19 Å². The highest BCUT2D eigenvalue weighted by Crippen LogP contribution is 2.36. The van der Waals surface area contributed by atoms with Crippen LogP contribution in [0.15, 0.2) is 16.7 Å². The molecule has 0 N–H and O–H groups in total. The normalized spacial score (nSPS) is 22.5. The molecule has 0 bridgehead atoms. The second kappa shape index (κ2) is 3.99. The molecule has 100 valence electrons. The standard InChI is InChI=1S/C13H23BO3Si/c1-12(2)13(3,4)17-14(16-12)11-8-10(9-15-11)18(5,6)7/h8-9H,1-7H3. The van der Waals surface area contributed by atoms with Gasteiger partial charge in [0.1, 0.15) is 5.66 Å². The van der Waals surface area contributed by atoms with Gasteiger partial charge in [-0.3, -0.25) is 0 Å². The molecule has 1 aliphatic heterocycles. The summed E-state index contributed by atoms with van der Waals surface area (Å²) in [6, 6.07) is 2.09. The van der Waals surface area contributed by atoms with E-state index >= 15 is 0 Å². The van der Waals surface area contributed by atoms with Crippen LogP contribution in [-0.4, -0.2) is 26.4 Å². The number of rotatable bonds is 2. The highest BCUT2D eigenvalue weighted by molar-refractivity contribution is 6.89. The summed E-state index contributed by atoms with van der Waals surface area (Å²) in [6.07, 6.45) is 1.85. The van der Waals surface area contributed by atoms with Crippen LogP contribution < -0.4 is 10.8 Å². The molecule has 0 atom stereocenters. The highest BCUT2D eigenvalue weighted by Gasteiger charge is 2.53. The largest absolute Gasteiger partial charge is 0.532 e.